The first-order chi connectivity index (χ1) is 11.7. The van der Waals surface area contributed by atoms with E-state index in [0.717, 1.165) is 36.4 Å². The van der Waals surface area contributed by atoms with Gasteiger partial charge in [0, 0.05) is 11.7 Å². The zero-order valence-corrected chi connectivity index (χ0v) is 14.3. The Morgan fingerprint density at radius 2 is 2.08 bits per heavy atom. The predicted molar refractivity (Wildman–Crippen MR) is 96.4 cm³/mol. The molecule has 0 radical (unpaired) electrons. The Kier molecular flexibility index (Phi) is 5.16. The molecule has 0 bridgehead atoms. The van der Waals surface area contributed by atoms with Crippen LogP contribution in [0.2, 0.25) is 0 Å². The molecule has 126 valence electrons. The van der Waals surface area contributed by atoms with Crippen LogP contribution in [0.5, 0.6) is 5.75 Å². The lowest BCUT2D eigenvalue weighted by Gasteiger charge is -2.24. The Balaban J connectivity index is 1.67. The molecule has 1 atom stereocenters. The molecule has 1 amide bonds. The van der Waals surface area contributed by atoms with Gasteiger partial charge in [-0.3, -0.25) is 9.69 Å². The molecular weight excluding hydrogens is 300 g/mol. The number of carbonyl (C=O) groups excluding carboxylic acids is 1. The second kappa shape index (κ2) is 7.49. The summed E-state index contributed by atoms with van der Waals surface area (Å²) in [5.74, 6) is 0.905. The van der Waals surface area contributed by atoms with Crippen molar-refractivity contribution < 1.29 is 9.53 Å². The highest BCUT2D eigenvalue weighted by molar-refractivity contribution is 5.93. The summed E-state index contributed by atoms with van der Waals surface area (Å²) in [6, 6.07) is 16.3. The summed E-state index contributed by atoms with van der Waals surface area (Å²) in [4.78, 5) is 14.7. The van der Waals surface area contributed by atoms with Gasteiger partial charge in [0.15, 0.2) is 0 Å². The van der Waals surface area contributed by atoms with E-state index in [-0.39, 0.29) is 11.9 Å². The third-order valence-electron chi connectivity index (χ3n) is 4.61. The summed E-state index contributed by atoms with van der Waals surface area (Å²) in [6.07, 6.45) is 2.18. The molecule has 2 aromatic carbocycles. The van der Waals surface area contributed by atoms with Gasteiger partial charge in [0.25, 0.3) is 0 Å². The first kappa shape index (κ1) is 16.5. The minimum Gasteiger partial charge on any atom is -0.497 e. The van der Waals surface area contributed by atoms with E-state index in [0.29, 0.717) is 6.54 Å². The number of methoxy groups -OCH3 is 1. The summed E-state index contributed by atoms with van der Waals surface area (Å²) in [5, 5.41) is 3.03. The fraction of sp³-hybridized carbons (Fsp3) is 0.350. The number of hydrogen-bond donors (Lipinski definition) is 1. The third kappa shape index (κ3) is 3.77. The quantitative estimate of drug-likeness (QED) is 0.910. The molecule has 1 unspecified atom stereocenters. The van der Waals surface area contributed by atoms with Gasteiger partial charge in [-0.05, 0) is 55.6 Å². The van der Waals surface area contributed by atoms with Gasteiger partial charge >= 0.3 is 0 Å². The molecule has 0 spiro atoms. The molecule has 2 aromatic rings. The van der Waals surface area contributed by atoms with E-state index >= 15 is 0 Å². The monoisotopic (exact) mass is 324 g/mol. The smallest absolute Gasteiger partial charge is 0.238 e. The summed E-state index contributed by atoms with van der Waals surface area (Å²) >= 11 is 0. The van der Waals surface area contributed by atoms with Crippen molar-refractivity contribution in [3.8, 4) is 5.75 Å². The predicted octanol–water partition coefficient (Wildman–Crippen LogP) is 3.78. The van der Waals surface area contributed by atoms with Crippen LogP contribution in [0.15, 0.2) is 48.5 Å². The number of ether oxygens (including phenoxy) is 1. The highest BCUT2D eigenvalue weighted by Gasteiger charge is 2.27. The van der Waals surface area contributed by atoms with Crippen molar-refractivity contribution >= 4 is 11.6 Å². The van der Waals surface area contributed by atoms with Gasteiger partial charge in [-0.1, -0.05) is 30.3 Å². The average Bonchev–Trinajstić information content (AvgIpc) is 3.05. The average molecular weight is 324 g/mol. The molecule has 0 aromatic heterocycles. The normalized spacial score (nSPS) is 17.7. The minimum atomic E-state index is 0.0408. The molecule has 4 heteroatoms. The molecule has 1 N–H and O–H groups in total. The number of para-hydroxylation sites is 1. The van der Waals surface area contributed by atoms with Crippen molar-refractivity contribution in [1.82, 2.24) is 4.90 Å². The van der Waals surface area contributed by atoms with Crippen LogP contribution >= 0.6 is 0 Å². The van der Waals surface area contributed by atoms with Crippen LogP contribution in [-0.4, -0.2) is 31.0 Å². The maximum absolute atomic E-state index is 12.4. The largest absolute Gasteiger partial charge is 0.497 e. The second-order valence-corrected chi connectivity index (χ2v) is 6.27. The maximum Gasteiger partial charge on any atom is 0.238 e. The second-order valence-electron chi connectivity index (χ2n) is 6.27. The van der Waals surface area contributed by atoms with Crippen LogP contribution in [0.4, 0.5) is 5.69 Å². The van der Waals surface area contributed by atoms with Crippen LogP contribution in [0, 0.1) is 6.92 Å². The fourth-order valence-corrected chi connectivity index (χ4v) is 3.33. The van der Waals surface area contributed by atoms with Gasteiger partial charge in [0.1, 0.15) is 5.75 Å². The van der Waals surface area contributed by atoms with E-state index in [9.17, 15) is 4.79 Å². The zero-order chi connectivity index (χ0) is 16.9. The summed E-state index contributed by atoms with van der Waals surface area (Å²) in [5.41, 5.74) is 3.19. The Hall–Kier alpha value is -2.33. The number of likely N-dealkylation sites (tertiary alicyclic amines) is 1. The first-order valence-electron chi connectivity index (χ1n) is 8.41. The first-order valence-corrected chi connectivity index (χ1v) is 8.41. The fourth-order valence-electron chi connectivity index (χ4n) is 3.33. The van der Waals surface area contributed by atoms with Crippen molar-refractivity contribution in [1.29, 1.82) is 0 Å². The van der Waals surface area contributed by atoms with E-state index < -0.39 is 0 Å². The number of rotatable bonds is 5. The number of anilines is 1. The molecule has 0 saturated carbocycles. The van der Waals surface area contributed by atoms with Gasteiger partial charge in [-0.25, -0.2) is 0 Å². The molecule has 4 nitrogen and oxygen atoms in total. The molecule has 24 heavy (non-hydrogen) atoms. The van der Waals surface area contributed by atoms with Gasteiger partial charge in [-0.15, -0.1) is 0 Å². The van der Waals surface area contributed by atoms with E-state index in [2.05, 4.69) is 22.3 Å². The third-order valence-corrected chi connectivity index (χ3v) is 4.61. The number of amides is 1. The molecule has 0 aliphatic carbocycles. The van der Waals surface area contributed by atoms with Crippen LogP contribution < -0.4 is 10.1 Å². The molecule has 1 fully saturated rings. The molecule has 1 aliphatic rings. The molecule has 1 saturated heterocycles. The number of carbonyl (C=O) groups is 1. The Morgan fingerprint density at radius 1 is 1.25 bits per heavy atom. The van der Waals surface area contributed by atoms with Crippen molar-refractivity contribution in [2.24, 2.45) is 0 Å². The number of nitrogens with one attached hydrogen (secondary N) is 1. The molecule has 3 rings (SSSR count). The van der Waals surface area contributed by atoms with E-state index in [1.807, 2.05) is 43.3 Å². The van der Waals surface area contributed by atoms with Crippen LogP contribution in [-0.2, 0) is 4.79 Å². The molecule has 1 heterocycles. The number of aryl methyl sites for hydroxylation is 1. The number of benzene rings is 2. The lowest BCUT2D eigenvalue weighted by Crippen LogP contribution is -2.33. The highest BCUT2D eigenvalue weighted by Crippen LogP contribution is 2.33. The van der Waals surface area contributed by atoms with Gasteiger partial charge < -0.3 is 10.1 Å². The van der Waals surface area contributed by atoms with Crippen molar-refractivity contribution in [2.45, 2.75) is 25.8 Å². The summed E-state index contributed by atoms with van der Waals surface area (Å²) in [7, 11) is 1.68. The number of nitrogens with zero attached hydrogens (tertiary/aromatic N) is 1. The topological polar surface area (TPSA) is 41.6 Å². The van der Waals surface area contributed by atoms with E-state index in [1.165, 1.54) is 5.56 Å². The SMILES string of the molecule is COc1cccc(C2CCCN2CC(=O)Nc2ccccc2C)c1. The van der Waals surface area contributed by atoms with Crippen LogP contribution in [0.25, 0.3) is 0 Å². The van der Waals surface area contributed by atoms with Gasteiger partial charge in [0.2, 0.25) is 5.91 Å². The van der Waals surface area contributed by atoms with Gasteiger partial charge in [-0.2, -0.15) is 0 Å². The van der Waals surface area contributed by atoms with Crippen molar-refractivity contribution in [3.63, 3.8) is 0 Å². The standard InChI is InChI=1S/C20H24N2O2/c1-15-7-3-4-10-18(15)21-20(23)14-22-12-6-11-19(22)16-8-5-9-17(13-16)24-2/h3-5,7-10,13,19H,6,11-12,14H2,1-2H3,(H,21,23). The Bertz CT molecular complexity index is 714. The Labute approximate surface area is 143 Å². The summed E-state index contributed by atoms with van der Waals surface area (Å²) < 4.78 is 5.33. The lowest BCUT2D eigenvalue weighted by atomic mass is 10.0. The number of hydrogen-bond acceptors (Lipinski definition) is 3. The minimum absolute atomic E-state index is 0.0408. The van der Waals surface area contributed by atoms with Crippen LogP contribution in [0.3, 0.4) is 0 Å². The lowest BCUT2D eigenvalue weighted by molar-refractivity contribution is -0.117. The van der Waals surface area contributed by atoms with Crippen LogP contribution in [0.1, 0.15) is 30.0 Å². The van der Waals surface area contributed by atoms with E-state index in [4.69, 9.17) is 4.74 Å². The van der Waals surface area contributed by atoms with Gasteiger partial charge in [0.05, 0.1) is 13.7 Å². The molecule has 1 aliphatic heterocycles. The van der Waals surface area contributed by atoms with Crippen molar-refractivity contribution in [3.05, 3.63) is 59.7 Å². The highest BCUT2D eigenvalue weighted by atomic mass is 16.5. The summed E-state index contributed by atoms with van der Waals surface area (Å²) in [6.45, 7) is 3.36. The maximum atomic E-state index is 12.4. The Morgan fingerprint density at radius 3 is 2.88 bits per heavy atom. The van der Waals surface area contributed by atoms with Crippen molar-refractivity contribution in [2.75, 3.05) is 25.5 Å². The van der Waals surface area contributed by atoms with E-state index in [1.54, 1.807) is 7.11 Å². The molecular formula is C20H24N2O2. The zero-order valence-electron chi connectivity index (χ0n) is 14.3.